The van der Waals surface area contributed by atoms with Gasteiger partial charge in [0.2, 0.25) is 0 Å². The lowest BCUT2D eigenvalue weighted by Crippen LogP contribution is -2.34. The number of hydrogen-bond donors (Lipinski definition) is 3. The number of aliphatic hydroxyl groups is 1. The maximum atomic E-state index is 12.3. The van der Waals surface area contributed by atoms with Gasteiger partial charge in [0.05, 0.1) is 0 Å². The van der Waals surface area contributed by atoms with Gasteiger partial charge in [-0.15, -0.1) is 0 Å². The van der Waals surface area contributed by atoms with Crippen LogP contribution in [0.3, 0.4) is 0 Å². The topological polar surface area (TPSA) is 61.4 Å². The van der Waals surface area contributed by atoms with Gasteiger partial charge in [0.15, 0.2) is 5.60 Å². The van der Waals surface area contributed by atoms with E-state index in [0.717, 1.165) is 37.1 Å². The molecule has 132 valence electrons. The van der Waals surface area contributed by atoms with Crippen molar-refractivity contribution < 1.29 is 9.90 Å². The largest absolute Gasteiger partial charge is 0.375 e. The van der Waals surface area contributed by atoms with Crippen molar-refractivity contribution in [2.45, 2.75) is 44.6 Å². The molecule has 1 heterocycles. The number of benzene rings is 2. The van der Waals surface area contributed by atoms with Crippen molar-refractivity contribution in [3.05, 3.63) is 53.1 Å². The van der Waals surface area contributed by atoms with Crippen molar-refractivity contribution >= 4 is 34.6 Å². The summed E-state index contributed by atoms with van der Waals surface area (Å²) in [5.41, 5.74) is 1.61. The Morgan fingerprint density at radius 2 is 1.80 bits per heavy atom. The Hall–Kier alpha value is -2.04. The molecule has 2 aromatic rings. The fourth-order valence-electron chi connectivity index (χ4n) is 3.18. The van der Waals surface area contributed by atoms with Crippen LogP contribution in [0, 0.1) is 0 Å². The predicted octanol–water partition coefficient (Wildman–Crippen LogP) is 5.19. The normalized spacial score (nSPS) is 18.8. The highest BCUT2D eigenvalue weighted by atomic mass is 35.5. The summed E-state index contributed by atoms with van der Waals surface area (Å²) in [5, 5.41) is 17.7. The van der Waals surface area contributed by atoms with Crippen molar-refractivity contribution in [1.82, 2.24) is 0 Å². The molecular weight excluding hydrogens is 336 g/mol. The van der Waals surface area contributed by atoms with E-state index in [4.69, 9.17) is 11.6 Å². The fourth-order valence-corrected chi connectivity index (χ4v) is 3.30. The molecule has 4 nitrogen and oxygen atoms in total. The van der Waals surface area contributed by atoms with Gasteiger partial charge in [-0.1, -0.05) is 37.8 Å². The molecule has 5 heteroatoms. The first kappa shape index (κ1) is 17.8. The Balaban J connectivity index is 1.80. The number of amides is 1. The molecule has 0 saturated carbocycles. The van der Waals surface area contributed by atoms with Crippen LogP contribution in [0.15, 0.2) is 42.5 Å². The Labute approximate surface area is 153 Å². The zero-order valence-corrected chi connectivity index (χ0v) is 15.1. The summed E-state index contributed by atoms with van der Waals surface area (Å²) in [6.07, 6.45) is 4.52. The smallest absolute Gasteiger partial charge is 0.261 e. The van der Waals surface area contributed by atoms with Gasteiger partial charge in [-0.05, 0) is 55.3 Å². The van der Waals surface area contributed by atoms with Gasteiger partial charge in [-0.2, -0.15) is 0 Å². The Morgan fingerprint density at radius 1 is 1.08 bits per heavy atom. The molecule has 3 rings (SSSR count). The SMILES string of the molecule is CCCCCCC1(O)C(=O)Nc2ccc(Nc3ccc(Cl)cc3)cc21. The minimum Gasteiger partial charge on any atom is -0.375 e. The van der Waals surface area contributed by atoms with Crippen LogP contribution in [0.4, 0.5) is 17.1 Å². The van der Waals surface area contributed by atoms with Gasteiger partial charge in [-0.3, -0.25) is 4.79 Å². The number of halogens is 1. The van der Waals surface area contributed by atoms with E-state index < -0.39 is 5.60 Å². The average molecular weight is 359 g/mol. The van der Waals surface area contributed by atoms with E-state index in [2.05, 4.69) is 17.6 Å². The number of unbranched alkanes of at least 4 members (excludes halogenated alkanes) is 3. The molecule has 1 aliphatic rings. The molecule has 0 spiro atoms. The predicted molar refractivity (Wildman–Crippen MR) is 102 cm³/mol. The number of rotatable bonds is 7. The van der Waals surface area contributed by atoms with E-state index in [1.165, 1.54) is 0 Å². The molecule has 25 heavy (non-hydrogen) atoms. The van der Waals surface area contributed by atoms with Crippen molar-refractivity contribution in [2.75, 3.05) is 10.6 Å². The summed E-state index contributed by atoms with van der Waals surface area (Å²) in [4.78, 5) is 12.3. The molecule has 1 unspecified atom stereocenters. The standard InChI is InChI=1S/C20H23ClN2O2/c1-2-3-4-5-12-20(25)17-13-16(10-11-18(17)23-19(20)24)22-15-8-6-14(21)7-9-15/h6-11,13,22,25H,2-5,12H2,1H3,(H,23,24). The Kier molecular flexibility index (Phi) is 5.30. The van der Waals surface area contributed by atoms with E-state index in [1.807, 2.05) is 42.5 Å². The molecule has 2 aromatic carbocycles. The number of carbonyl (C=O) groups excluding carboxylic acids is 1. The van der Waals surface area contributed by atoms with Crippen LogP contribution in [0.5, 0.6) is 0 Å². The average Bonchev–Trinajstić information content (AvgIpc) is 2.85. The summed E-state index contributed by atoms with van der Waals surface area (Å²) in [7, 11) is 0. The highest BCUT2D eigenvalue weighted by Crippen LogP contribution is 2.41. The zero-order valence-electron chi connectivity index (χ0n) is 14.3. The maximum absolute atomic E-state index is 12.3. The number of carbonyl (C=O) groups is 1. The minimum atomic E-state index is -1.44. The molecule has 1 aliphatic heterocycles. The van der Waals surface area contributed by atoms with Crippen molar-refractivity contribution in [3.63, 3.8) is 0 Å². The highest BCUT2D eigenvalue weighted by molar-refractivity contribution is 6.30. The molecule has 1 amide bonds. The summed E-state index contributed by atoms with van der Waals surface area (Å²) < 4.78 is 0. The first-order valence-corrected chi connectivity index (χ1v) is 9.11. The number of nitrogens with one attached hydrogen (secondary N) is 2. The summed E-state index contributed by atoms with van der Waals surface area (Å²) in [5.74, 6) is -0.331. The lowest BCUT2D eigenvalue weighted by molar-refractivity contribution is -0.134. The van der Waals surface area contributed by atoms with Crippen LogP contribution < -0.4 is 10.6 Å². The molecule has 0 radical (unpaired) electrons. The second-order valence-corrected chi connectivity index (χ2v) is 6.95. The first-order chi connectivity index (χ1) is 12.0. The zero-order chi connectivity index (χ0) is 17.9. The van der Waals surface area contributed by atoms with Gasteiger partial charge in [0, 0.05) is 27.6 Å². The van der Waals surface area contributed by atoms with Gasteiger partial charge in [-0.25, -0.2) is 0 Å². The lowest BCUT2D eigenvalue weighted by Gasteiger charge is -2.21. The molecule has 3 N–H and O–H groups in total. The first-order valence-electron chi connectivity index (χ1n) is 8.74. The van der Waals surface area contributed by atoms with Gasteiger partial charge in [0.25, 0.3) is 5.91 Å². The number of fused-ring (bicyclic) bond motifs is 1. The van der Waals surface area contributed by atoms with Crippen LogP contribution in [0.25, 0.3) is 0 Å². The van der Waals surface area contributed by atoms with Crippen LogP contribution >= 0.6 is 11.6 Å². The van der Waals surface area contributed by atoms with E-state index in [9.17, 15) is 9.90 Å². The Morgan fingerprint density at radius 3 is 2.52 bits per heavy atom. The third kappa shape index (κ3) is 3.80. The lowest BCUT2D eigenvalue weighted by atomic mass is 9.89. The highest BCUT2D eigenvalue weighted by Gasteiger charge is 2.44. The van der Waals surface area contributed by atoms with Crippen LogP contribution in [-0.2, 0) is 10.4 Å². The van der Waals surface area contributed by atoms with Crippen molar-refractivity contribution in [1.29, 1.82) is 0 Å². The Bertz CT molecular complexity index is 761. The van der Waals surface area contributed by atoms with Gasteiger partial charge in [0.1, 0.15) is 0 Å². The molecule has 0 aromatic heterocycles. The fraction of sp³-hybridized carbons (Fsp3) is 0.350. The third-order valence-electron chi connectivity index (χ3n) is 4.61. The molecule has 1 atom stereocenters. The second-order valence-electron chi connectivity index (χ2n) is 6.52. The minimum absolute atomic E-state index is 0.331. The maximum Gasteiger partial charge on any atom is 0.261 e. The number of anilines is 3. The molecule has 0 bridgehead atoms. The summed E-state index contributed by atoms with van der Waals surface area (Å²) in [6.45, 7) is 2.14. The van der Waals surface area contributed by atoms with Crippen LogP contribution in [0.2, 0.25) is 5.02 Å². The summed E-state index contributed by atoms with van der Waals surface area (Å²) in [6, 6.07) is 13.0. The molecule has 0 aliphatic carbocycles. The van der Waals surface area contributed by atoms with Gasteiger partial charge >= 0.3 is 0 Å². The molecular formula is C20H23ClN2O2. The van der Waals surface area contributed by atoms with E-state index in [-0.39, 0.29) is 5.91 Å². The summed E-state index contributed by atoms with van der Waals surface area (Å²) >= 11 is 5.91. The van der Waals surface area contributed by atoms with Crippen LogP contribution in [0.1, 0.15) is 44.6 Å². The van der Waals surface area contributed by atoms with Crippen molar-refractivity contribution in [3.8, 4) is 0 Å². The van der Waals surface area contributed by atoms with E-state index >= 15 is 0 Å². The molecule has 0 fully saturated rings. The molecule has 0 saturated heterocycles. The third-order valence-corrected chi connectivity index (χ3v) is 4.87. The van der Waals surface area contributed by atoms with E-state index in [1.54, 1.807) is 0 Å². The van der Waals surface area contributed by atoms with Crippen molar-refractivity contribution in [2.24, 2.45) is 0 Å². The van der Waals surface area contributed by atoms with Gasteiger partial charge < -0.3 is 15.7 Å². The number of hydrogen-bond acceptors (Lipinski definition) is 3. The quantitative estimate of drug-likeness (QED) is 0.596. The monoisotopic (exact) mass is 358 g/mol. The van der Waals surface area contributed by atoms with E-state index in [0.29, 0.717) is 22.7 Å². The second kappa shape index (κ2) is 7.46. The van der Waals surface area contributed by atoms with Crippen LogP contribution in [-0.4, -0.2) is 11.0 Å².